The number of carbonyl (C=O) groups excluding carboxylic acids is 2. The molecule has 4 nitrogen and oxygen atoms in total. The first-order valence-corrected chi connectivity index (χ1v) is 4.65. The molecule has 1 aliphatic carbocycles. The summed E-state index contributed by atoms with van der Waals surface area (Å²) in [6.45, 7) is 3.68. The third-order valence-corrected chi connectivity index (χ3v) is 2.20. The fourth-order valence-corrected chi connectivity index (χ4v) is 1.51. The van der Waals surface area contributed by atoms with Gasteiger partial charge < -0.3 is 9.47 Å². The highest BCUT2D eigenvalue weighted by Crippen LogP contribution is 2.25. The summed E-state index contributed by atoms with van der Waals surface area (Å²) in [5, 5.41) is 0. The average Bonchev–Trinajstić information content (AvgIpc) is 2.19. The van der Waals surface area contributed by atoms with Crippen molar-refractivity contribution < 1.29 is 19.1 Å². The van der Waals surface area contributed by atoms with E-state index in [1.165, 1.54) is 20.3 Å². The summed E-state index contributed by atoms with van der Waals surface area (Å²) in [6, 6.07) is 0. The van der Waals surface area contributed by atoms with Gasteiger partial charge in [0.05, 0.1) is 14.2 Å². The smallest absolute Gasteiger partial charge is 0.262 e. The van der Waals surface area contributed by atoms with Crippen LogP contribution in [0, 0.1) is 5.92 Å². The Hall–Kier alpha value is -1.58. The molecule has 0 atom stereocenters. The summed E-state index contributed by atoms with van der Waals surface area (Å²) in [5.41, 5.74) is 0.406. The molecular formula is C11H14O4. The van der Waals surface area contributed by atoms with Gasteiger partial charge in [-0.05, 0) is 5.92 Å². The molecule has 15 heavy (non-hydrogen) atoms. The Balaban J connectivity index is 3.24. The molecule has 0 saturated heterocycles. The lowest BCUT2D eigenvalue weighted by atomic mass is 9.91. The number of hydrogen-bond acceptors (Lipinski definition) is 4. The maximum atomic E-state index is 11.7. The summed E-state index contributed by atoms with van der Waals surface area (Å²) in [7, 11) is 2.73. The number of hydrogen-bond donors (Lipinski definition) is 0. The molecule has 4 heteroatoms. The van der Waals surface area contributed by atoms with Crippen molar-refractivity contribution in [2.24, 2.45) is 5.92 Å². The van der Waals surface area contributed by atoms with E-state index < -0.39 is 0 Å². The van der Waals surface area contributed by atoms with Crippen LogP contribution in [0.25, 0.3) is 0 Å². The minimum atomic E-state index is -0.372. The van der Waals surface area contributed by atoms with Crippen molar-refractivity contribution in [3.63, 3.8) is 0 Å². The van der Waals surface area contributed by atoms with Crippen molar-refractivity contribution >= 4 is 11.6 Å². The molecule has 0 heterocycles. The zero-order valence-electron chi connectivity index (χ0n) is 9.29. The van der Waals surface area contributed by atoms with E-state index in [4.69, 9.17) is 9.47 Å². The molecule has 0 aromatic rings. The number of ether oxygens (including phenoxy) is 2. The van der Waals surface area contributed by atoms with Crippen LogP contribution in [0.2, 0.25) is 0 Å². The summed E-state index contributed by atoms with van der Waals surface area (Å²) in [4.78, 5) is 23.4. The third-order valence-electron chi connectivity index (χ3n) is 2.20. The van der Waals surface area contributed by atoms with Crippen LogP contribution in [0.15, 0.2) is 23.2 Å². The van der Waals surface area contributed by atoms with Crippen molar-refractivity contribution in [2.45, 2.75) is 13.8 Å². The van der Waals surface area contributed by atoms with E-state index in [1.54, 1.807) is 0 Å². The quantitative estimate of drug-likeness (QED) is 0.657. The van der Waals surface area contributed by atoms with Gasteiger partial charge in [-0.15, -0.1) is 0 Å². The van der Waals surface area contributed by atoms with Gasteiger partial charge in [0.1, 0.15) is 0 Å². The Morgan fingerprint density at radius 3 is 2.13 bits per heavy atom. The van der Waals surface area contributed by atoms with Crippen LogP contribution in [-0.2, 0) is 19.1 Å². The van der Waals surface area contributed by atoms with Gasteiger partial charge in [-0.25, -0.2) is 0 Å². The van der Waals surface area contributed by atoms with E-state index in [0.29, 0.717) is 5.57 Å². The second-order valence-corrected chi connectivity index (χ2v) is 3.51. The molecule has 1 aliphatic rings. The number of rotatable bonds is 3. The van der Waals surface area contributed by atoms with E-state index in [2.05, 4.69) is 0 Å². The molecule has 82 valence electrons. The lowest BCUT2D eigenvalue weighted by Crippen LogP contribution is -2.23. The minimum absolute atomic E-state index is 0.0289. The molecule has 0 aromatic heterocycles. The Bertz CT molecular complexity index is 361. The Labute approximate surface area is 88.6 Å². The summed E-state index contributed by atoms with van der Waals surface area (Å²) >= 11 is 0. The highest BCUT2D eigenvalue weighted by molar-refractivity contribution is 6.21. The molecule has 0 aliphatic heterocycles. The fraction of sp³-hybridized carbons (Fsp3) is 0.455. The van der Waals surface area contributed by atoms with Gasteiger partial charge >= 0.3 is 0 Å². The van der Waals surface area contributed by atoms with Gasteiger partial charge in [0.15, 0.2) is 17.3 Å². The zero-order chi connectivity index (χ0) is 11.6. The minimum Gasteiger partial charge on any atom is -0.492 e. The van der Waals surface area contributed by atoms with Crippen molar-refractivity contribution in [1.29, 1.82) is 0 Å². The van der Waals surface area contributed by atoms with E-state index in [1.807, 2.05) is 13.8 Å². The lowest BCUT2D eigenvalue weighted by molar-refractivity contribution is -0.121. The van der Waals surface area contributed by atoms with Crippen molar-refractivity contribution in [1.82, 2.24) is 0 Å². The van der Waals surface area contributed by atoms with E-state index in [-0.39, 0.29) is 29.0 Å². The predicted octanol–water partition coefficient (Wildman–Crippen LogP) is 1.22. The molecule has 0 bridgehead atoms. The molecule has 0 fully saturated rings. The van der Waals surface area contributed by atoms with Crippen LogP contribution >= 0.6 is 0 Å². The van der Waals surface area contributed by atoms with E-state index >= 15 is 0 Å². The molecule has 0 unspecified atom stereocenters. The summed E-state index contributed by atoms with van der Waals surface area (Å²) in [6.07, 6.45) is 1.21. The number of allylic oxidation sites excluding steroid dienone is 2. The van der Waals surface area contributed by atoms with Gasteiger partial charge in [0.2, 0.25) is 0 Å². The molecule has 0 spiro atoms. The van der Waals surface area contributed by atoms with Crippen LogP contribution < -0.4 is 0 Å². The van der Waals surface area contributed by atoms with Gasteiger partial charge in [0.25, 0.3) is 5.78 Å². The summed E-state index contributed by atoms with van der Waals surface area (Å²) < 4.78 is 9.78. The van der Waals surface area contributed by atoms with Crippen molar-refractivity contribution in [3.8, 4) is 0 Å². The first kappa shape index (κ1) is 11.5. The largest absolute Gasteiger partial charge is 0.492 e. The number of ketones is 2. The fourth-order valence-electron chi connectivity index (χ4n) is 1.51. The third kappa shape index (κ3) is 1.93. The Morgan fingerprint density at radius 1 is 1.13 bits per heavy atom. The summed E-state index contributed by atoms with van der Waals surface area (Å²) in [5.74, 6) is -0.525. The first-order chi connectivity index (χ1) is 7.02. The monoisotopic (exact) mass is 210 g/mol. The van der Waals surface area contributed by atoms with Gasteiger partial charge in [-0.2, -0.15) is 0 Å². The van der Waals surface area contributed by atoms with E-state index in [0.717, 1.165) is 0 Å². The lowest BCUT2D eigenvalue weighted by Gasteiger charge is -2.19. The Kier molecular flexibility index (Phi) is 3.29. The standard InChI is InChI=1S/C11H14O4/c1-6(2)9-7(12)5-8(14-3)10(13)11(9)15-4/h5-6H,1-4H3. The molecular weight excluding hydrogens is 196 g/mol. The van der Waals surface area contributed by atoms with Crippen LogP contribution in [-0.4, -0.2) is 25.8 Å². The maximum absolute atomic E-state index is 11.7. The molecule has 0 radical (unpaired) electrons. The first-order valence-electron chi connectivity index (χ1n) is 4.65. The van der Waals surface area contributed by atoms with Crippen LogP contribution in [0.3, 0.4) is 0 Å². The molecule has 0 aromatic carbocycles. The maximum Gasteiger partial charge on any atom is 0.262 e. The predicted molar refractivity (Wildman–Crippen MR) is 54.0 cm³/mol. The van der Waals surface area contributed by atoms with Crippen LogP contribution in [0.1, 0.15) is 13.8 Å². The molecule has 1 rings (SSSR count). The molecule has 0 N–H and O–H groups in total. The number of Topliss-reactive ketones (excluding diaryl/α,β-unsaturated/α-hetero) is 1. The van der Waals surface area contributed by atoms with Gasteiger partial charge in [-0.3, -0.25) is 9.59 Å². The number of methoxy groups -OCH3 is 2. The second-order valence-electron chi connectivity index (χ2n) is 3.51. The van der Waals surface area contributed by atoms with Crippen LogP contribution in [0.4, 0.5) is 0 Å². The second kappa shape index (κ2) is 4.29. The topological polar surface area (TPSA) is 52.6 Å². The zero-order valence-corrected chi connectivity index (χ0v) is 9.29. The molecule has 0 saturated carbocycles. The van der Waals surface area contributed by atoms with Gasteiger partial charge in [-0.1, -0.05) is 13.8 Å². The SMILES string of the molecule is COC1=CC(=O)C(C(C)C)=C(OC)C1=O. The van der Waals surface area contributed by atoms with E-state index in [9.17, 15) is 9.59 Å². The van der Waals surface area contributed by atoms with Gasteiger partial charge in [0, 0.05) is 11.6 Å². The highest BCUT2D eigenvalue weighted by Gasteiger charge is 2.31. The molecule has 0 amide bonds. The van der Waals surface area contributed by atoms with Crippen molar-refractivity contribution in [2.75, 3.05) is 14.2 Å². The Morgan fingerprint density at radius 2 is 1.73 bits per heavy atom. The van der Waals surface area contributed by atoms with Crippen LogP contribution in [0.5, 0.6) is 0 Å². The normalized spacial score (nSPS) is 17.0. The highest BCUT2D eigenvalue weighted by atomic mass is 16.5. The number of carbonyl (C=O) groups is 2. The average molecular weight is 210 g/mol. The van der Waals surface area contributed by atoms with Crippen molar-refractivity contribution in [3.05, 3.63) is 23.2 Å².